The van der Waals surface area contributed by atoms with E-state index in [9.17, 15) is 16.8 Å². The molecule has 0 saturated carbocycles. The molecule has 0 spiro atoms. The Hall–Kier alpha value is -1.26. The lowest BCUT2D eigenvalue weighted by molar-refractivity contribution is 0.480. The third-order valence-electron chi connectivity index (χ3n) is 4.12. The summed E-state index contributed by atoms with van der Waals surface area (Å²) in [5, 5.41) is 5.20. The van der Waals surface area contributed by atoms with Crippen molar-refractivity contribution in [3.05, 3.63) is 34.0 Å². The molecule has 0 radical (unpaired) electrons. The fourth-order valence-corrected chi connectivity index (χ4v) is 7.91. The number of aromatic nitrogens is 2. The smallest absolute Gasteiger partial charge is 0.265 e. The highest BCUT2D eigenvalue weighted by Crippen LogP contribution is 2.41. The SMILES string of the molecule is O=S(=O)(O)CCc1ccsc1-c1nc2sc(-c3sccc3CCS(=O)(=O)O)nc2s1. The molecule has 8 nitrogen and oxygen atoms in total. The van der Waals surface area contributed by atoms with Crippen molar-refractivity contribution in [2.75, 3.05) is 11.5 Å². The maximum atomic E-state index is 11.0. The highest BCUT2D eigenvalue weighted by molar-refractivity contribution is 7.86. The fourth-order valence-electron chi connectivity index (χ4n) is 2.75. The van der Waals surface area contributed by atoms with Crippen LogP contribution in [0.1, 0.15) is 11.1 Å². The van der Waals surface area contributed by atoms with Crippen molar-refractivity contribution in [1.82, 2.24) is 9.97 Å². The Balaban J connectivity index is 1.60. The van der Waals surface area contributed by atoms with E-state index in [2.05, 4.69) is 9.97 Å². The van der Waals surface area contributed by atoms with Crippen molar-refractivity contribution < 1.29 is 25.9 Å². The Morgan fingerprint density at radius 1 is 0.733 bits per heavy atom. The normalized spacial score (nSPS) is 12.7. The third-order valence-corrected chi connectivity index (χ3v) is 9.80. The topological polar surface area (TPSA) is 135 Å². The molecule has 0 aromatic carbocycles. The third kappa shape index (κ3) is 5.13. The molecule has 4 aromatic rings. The molecule has 160 valence electrons. The number of hydrogen-bond donors (Lipinski definition) is 2. The summed E-state index contributed by atoms with van der Waals surface area (Å²) < 4.78 is 62.2. The van der Waals surface area contributed by atoms with Crippen LogP contribution in [-0.4, -0.2) is 47.4 Å². The van der Waals surface area contributed by atoms with Gasteiger partial charge in [-0.25, -0.2) is 9.97 Å². The van der Waals surface area contributed by atoms with Crippen LogP contribution in [0.25, 0.3) is 29.4 Å². The molecule has 14 heteroatoms. The fraction of sp³-hybridized carbons (Fsp3) is 0.250. The summed E-state index contributed by atoms with van der Waals surface area (Å²) >= 11 is 5.71. The van der Waals surface area contributed by atoms with Crippen LogP contribution in [0.4, 0.5) is 0 Å². The number of rotatable bonds is 8. The average Bonchev–Trinajstić information content (AvgIpc) is 3.37. The molecule has 0 aliphatic heterocycles. The molecule has 0 unspecified atom stereocenters. The van der Waals surface area contributed by atoms with Gasteiger partial charge in [-0.3, -0.25) is 9.11 Å². The van der Waals surface area contributed by atoms with Crippen molar-refractivity contribution in [3.8, 4) is 19.8 Å². The monoisotopic (exact) mass is 522 g/mol. The van der Waals surface area contributed by atoms with Gasteiger partial charge in [0, 0.05) is 0 Å². The van der Waals surface area contributed by atoms with Gasteiger partial charge in [-0.15, -0.1) is 22.7 Å². The molecule has 0 atom stereocenters. The van der Waals surface area contributed by atoms with E-state index in [0.717, 1.165) is 40.6 Å². The summed E-state index contributed by atoms with van der Waals surface area (Å²) in [5.41, 5.74) is 1.62. The van der Waals surface area contributed by atoms with E-state index in [1.54, 1.807) is 0 Å². The molecule has 0 aliphatic carbocycles. The Morgan fingerprint density at radius 3 is 1.50 bits per heavy atom. The Morgan fingerprint density at radius 2 is 1.13 bits per heavy atom. The maximum Gasteiger partial charge on any atom is 0.265 e. The standard InChI is InChI=1S/C16H14N2O6S6/c19-29(20,21)7-3-9-1-5-25-11(9)13-17-15-16(27-13)18-14(28-15)12-10(2-6-26-12)4-8-30(22,23)24/h1-2,5-6H,3-4,7-8H2,(H,19,20,21)(H,22,23,24). The van der Waals surface area contributed by atoms with E-state index in [-0.39, 0.29) is 24.3 Å². The van der Waals surface area contributed by atoms with E-state index >= 15 is 0 Å². The predicted octanol–water partition coefficient (Wildman–Crippen LogP) is 4.07. The zero-order valence-corrected chi connectivity index (χ0v) is 19.9. The van der Waals surface area contributed by atoms with Gasteiger partial charge in [0.1, 0.15) is 10.0 Å². The summed E-state index contributed by atoms with van der Waals surface area (Å²) in [6.45, 7) is 0. The van der Waals surface area contributed by atoms with E-state index in [1.165, 1.54) is 45.3 Å². The summed E-state index contributed by atoms with van der Waals surface area (Å²) in [5.74, 6) is -0.687. The van der Waals surface area contributed by atoms with Gasteiger partial charge in [0.25, 0.3) is 20.2 Å². The molecule has 0 aliphatic rings. The molecule has 0 bridgehead atoms. The van der Waals surface area contributed by atoms with Crippen LogP contribution >= 0.6 is 45.3 Å². The molecule has 0 fully saturated rings. The molecule has 0 saturated heterocycles. The van der Waals surface area contributed by atoms with Crippen LogP contribution in [0.2, 0.25) is 0 Å². The lowest BCUT2D eigenvalue weighted by Gasteiger charge is -2.00. The van der Waals surface area contributed by atoms with Crippen LogP contribution in [0, 0.1) is 0 Å². The van der Waals surface area contributed by atoms with Crippen LogP contribution in [0.15, 0.2) is 22.9 Å². The minimum absolute atomic E-state index is 0.204. The highest BCUT2D eigenvalue weighted by atomic mass is 32.2. The molecule has 0 amide bonds. The van der Waals surface area contributed by atoms with Gasteiger partial charge >= 0.3 is 0 Å². The average molecular weight is 523 g/mol. The lowest BCUT2D eigenvalue weighted by Crippen LogP contribution is -2.06. The van der Waals surface area contributed by atoms with E-state index in [0.29, 0.717) is 0 Å². The van der Waals surface area contributed by atoms with Gasteiger partial charge in [0.2, 0.25) is 0 Å². The maximum absolute atomic E-state index is 11.0. The Kier molecular flexibility index (Phi) is 6.11. The summed E-state index contributed by atoms with van der Waals surface area (Å²) in [6.07, 6.45) is 0.409. The van der Waals surface area contributed by atoms with E-state index < -0.39 is 20.2 Å². The van der Waals surface area contributed by atoms with Gasteiger partial charge < -0.3 is 0 Å². The molecule has 30 heavy (non-hydrogen) atoms. The largest absolute Gasteiger partial charge is 0.286 e. The summed E-state index contributed by atoms with van der Waals surface area (Å²) in [6, 6.07) is 3.65. The number of thiophene rings is 2. The first-order valence-electron chi connectivity index (χ1n) is 8.40. The van der Waals surface area contributed by atoms with Gasteiger partial charge in [-0.1, -0.05) is 22.7 Å². The van der Waals surface area contributed by atoms with Crippen molar-refractivity contribution >= 4 is 75.2 Å². The Bertz CT molecular complexity index is 1270. The second-order valence-corrected chi connectivity index (χ2v) is 13.2. The van der Waals surface area contributed by atoms with Crippen LogP contribution in [0.3, 0.4) is 0 Å². The zero-order valence-electron chi connectivity index (χ0n) is 15.0. The van der Waals surface area contributed by atoms with Crippen LogP contribution in [0.5, 0.6) is 0 Å². The lowest BCUT2D eigenvalue weighted by atomic mass is 10.2. The van der Waals surface area contributed by atoms with E-state index in [4.69, 9.17) is 9.11 Å². The number of aryl methyl sites for hydroxylation is 2. The van der Waals surface area contributed by atoms with Gasteiger partial charge in [0.15, 0.2) is 9.66 Å². The summed E-state index contributed by atoms with van der Waals surface area (Å²) in [4.78, 5) is 12.5. The first-order chi connectivity index (χ1) is 14.1. The molecule has 4 aromatic heterocycles. The van der Waals surface area contributed by atoms with Crippen molar-refractivity contribution in [2.24, 2.45) is 0 Å². The summed E-state index contributed by atoms with van der Waals surface area (Å²) in [7, 11) is -8.07. The predicted molar refractivity (Wildman–Crippen MR) is 122 cm³/mol. The minimum Gasteiger partial charge on any atom is -0.286 e. The van der Waals surface area contributed by atoms with Crippen molar-refractivity contribution in [3.63, 3.8) is 0 Å². The van der Waals surface area contributed by atoms with Crippen molar-refractivity contribution in [2.45, 2.75) is 12.8 Å². The van der Waals surface area contributed by atoms with Crippen LogP contribution < -0.4 is 0 Å². The number of hydrogen-bond acceptors (Lipinski definition) is 10. The first kappa shape index (κ1) is 22.0. The molecule has 4 rings (SSSR count). The first-order valence-corrected chi connectivity index (χ1v) is 15.0. The highest BCUT2D eigenvalue weighted by Gasteiger charge is 2.19. The minimum atomic E-state index is -4.04. The Labute approximate surface area is 188 Å². The number of thiazole rings is 2. The molecule has 2 N–H and O–H groups in total. The van der Waals surface area contributed by atoms with Crippen LogP contribution in [-0.2, 0) is 33.1 Å². The van der Waals surface area contributed by atoms with Crippen molar-refractivity contribution in [1.29, 1.82) is 0 Å². The number of nitrogens with zero attached hydrogens (tertiary/aromatic N) is 2. The quantitative estimate of drug-likeness (QED) is 0.331. The second-order valence-electron chi connectivity index (χ2n) is 6.27. The molecule has 4 heterocycles. The van der Waals surface area contributed by atoms with E-state index in [1.807, 2.05) is 22.9 Å². The number of fused-ring (bicyclic) bond motifs is 1. The zero-order chi connectivity index (χ0) is 21.5. The second kappa shape index (κ2) is 8.35. The molecular weight excluding hydrogens is 509 g/mol. The van der Waals surface area contributed by atoms with Gasteiger partial charge in [-0.05, 0) is 46.9 Å². The van der Waals surface area contributed by atoms with Gasteiger partial charge in [-0.2, -0.15) is 16.8 Å². The molecular formula is C16H14N2O6S6. The van der Waals surface area contributed by atoms with Gasteiger partial charge in [0.05, 0.1) is 21.3 Å².